The third-order valence-corrected chi connectivity index (χ3v) is 8.88. The molecular weight excluding hydrogens is 628 g/mol. The van der Waals surface area contributed by atoms with Gasteiger partial charge in [0, 0.05) is 11.1 Å². The maximum absolute atomic E-state index is 12.9. The van der Waals surface area contributed by atoms with Gasteiger partial charge in [-0.15, -0.1) is 0 Å². The van der Waals surface area contributed by atoms with E-state index in [0.717, 1.165) is 30.4 Å². The molecule has 5 rings (SSSR count). The molecule has 0 saturated heterocycles. The summed E-state index contributed by atoms with van der Waals surface area (Å²) in [6.07, 6.45) is 2.96. The van der Waals surface area contributed by atoms with E-state index < -0.39 is 0 Å². The van der Waals surface area contributed by atoms with Gasteiger partial charge in [-0.2, -0.15) is 0 Å². The SMILES string of the molecule is COc1ccc(C(=O)COc2ccc([C@@H]3CC[C@H](c4ccc(OCC(=O)c5ccc(OC)c(OC)c5)c(OC)c4)C3)cc2OC)cc1OC. The third kappa shape index (κ3) is 8.02. The monoisotopic (exact) mass is 670 g/mol. The van der Waals surface area contributed by atoms with E-state index in [1.165, 1.54) is 14.2 Å². The second kappa shape index (κ2) is 16.1. The molecule has 0 unspecified atom stereocenters. The molecule has 0 heterocycles. The molecule has 0 radical (unpaired) electrons. The van der Waals surface area contributed by atoms with Crippen molar-refractivity contribution in [3.05, 3.63) is 95.1 Å². The van der Waals surface area contributed by atoms with Crippen LogP contribution in [0.2, 0.25) is 0 Å². The molecule has 258 valence electrons. The number of hydrogen-bond donors (Lipinski definition) is 0. The van der Waals surface area contributed by atoms with Crippen molar-refractivity contribution in [3.8, 4) is 46.0 Å². The summed E-state index contributed by atoms with van der Waals surface area (Å²) in [5, 5.41) is 0. The van der Waals surface area contributed by atoms with Crippen molar-refractivity contribution in [1.29, 1.82) is 0 Å². The maximum Gasteiger partial charge on any atom is 0.200 e. The number of carbonyl (C=O) groups is 2. The minimum absolute atomic E-state index is 0.150. The van der Waals surface area contributed by atoms with Crippen molar-refractivity contribution in [2.24, 2.45) is 0 Å². The molecule has 2 atom stereocenters. The lowest BCUT2D eigenvalue weighted by molar-refractivity contribution is 0.0912. The lowest BCUT2D eigenvalue weighted by Gasteiger charge is -2.17. The van der Waals surface area contributed by atoms with E-state index in [9.17, 15) is 9.59 Å². The predicted octanol–water partition coefficient (Wildman–Crippen LogP) is 7.31. The van der Waals surface area contributed by atoms with Gasteiger partial charge in [0.2, 0.25) is 0 Å². The average molecular weight is 671 g/mol. The molecule has 0 spiro atoms. The number of ketones is 2. The second-order valence-corrected chi connectivity index (χ2v) is 11.6. The number of ether oxygens (including phenoxy) is 8. The number of benzene rings is 4. The standard InChI is InChI=1S/C39H42O10/c1-42-32-13-11-28(20-36(32)44-3)30(40)22-48-34-15-9-26(18-38(34)46-5)24-7-8-25(17-24)27-10-16-35(39(19-27)47-6)49-23-31(41)29-12-14-33(43-2)37(21-29)45-4/h9-16,18-21,24-25H,7-8,17,22-23H2,1-6H3/t24-,25+. The summed E-state index contributed by atoms with van der Waals surface area (Å²) in [7, 11) is 9.33. The second-order valence-electron chi connectivity index (χ2n) is 11.6. The van der Waals surface area contributed by atoms with Crippen LogP contribution in [-0.4, -0.2) is 67.4 Å². The summed E-state index contributed by atoms with van der Waals surface area (Å²) in [6, 6.07) is 21.8. The number of rotatable bonds is 16. The Balaban J connectivity index is 1.20. The molecule has 0 aromatic heterocycles. The van der Waals surface area contributed by atoms with Gasteiger partial charge < -0.3 is 37.9 Å². The molecule has 0 bridgehead atoms. The van der Waals surface area contributed by atoms with Crippen LogP contribution in [-0.2, 0) is 0 Å². The van der Waals surface area contributed by atoms with Crippen molar-refractivity contribution in [1.82, 2.24) is 0 Å². The van der Waals surface area contributed by atoms with Gasteiger partial charge in [-0.1, -0.05) is 12.1 Å². The van der Waals surface area contributed by atoms with Gasteiger partial charge in [0.25, 0.3) is 0 Å². The first kappa shape index (κ1) is 34.9. The molecule has 4 aromatic rings. The van der Waals surface area contributed by atoms with Gasteiger partial charge in [-0.25, -0.2) is 0 Å². The third-order valence-electron chi connectivity index (χ3n) is 8.88. The number of hydrogen-bond acceptors (Lipinski definition) is 10. The van der Waals surface area contributed by atoms with Crippen LogP contribution in [0.4, 0.5) is 0 Å². The van der Waals surface area contributed by atoms with Crippen molar-refractivity contribution >= 4 is 11.6 Å². The quantitative estimate of drug-likeness (QED) is 0.113. The fourth-order valence-electron chi connectivity index (χ4n) is 6.17. The highest BCUT2D eigenvalue weighted by Crippen LogP contribution is 2.46. The zero-order chi connectivity index (χ0) is 34.9. The summed E-state index contributed by atoms with van der Waals surface area (Å²) in [6.45, 7) is -0.300. The van der Waals surface area contributed by atoms with Gasteiger partial charge in [0.15, 0.2) is 70.8 Å². The van der Waals surface area contributed by atoms with Crippen LogP contribution in [0.15, 0.2) is 72.8 Å². The Kier molecular flexibility index (Phi) is 11.5. The highest BCUT2D eigenvalue weighted by atomic mass is 16.5. The fourth-order valence-corrected chi connectivity index (χ4v) is 6.17. The maximum atomic E-state index is 12.9. The first-order chi connectivity index (χ1) is 23.8. The van der Waals surface area contributed by atoms with Crippen LogP contribution < -0.4 is 37.9 Å². The Morgan fingerprint density at radius 2 is 0.816 bits per heavy atom. The smallest absolute Gasteiger partial charge is 0.200 e. The highest BCUT2D eigenvalue weighted by Gasteiger charge is 2.29. The van der Waals surface area contributed by atoms with Gasteiger partial charge in [0.05, 0.1) is 42.7 Å². The summed E-state index contributed by atoms with van der Waals surface area (Å²) >= 11 is 0. The van der Waals surface area contributed by atoms with Crippen LogP contribution in [0.5, 0.6) is 46.0 Å². The zero-order valence-corrected chi connectivity index (χ0v) is 28.7. The topological polar surface area (TPSA) is 108 Å². The molecule has 1 aliphatic rings. The summed E-state index contributed by atoms with van der Waals surface area (Å²) in [4.78, 5) is 25.7. The molecule has 10 heteroatoms. The molecule has 0 aliphatic heterocycles. The van der Waals surface area contributed by atoms with Crippen LogP contribution in [0, 0.1) is 0 Å². The minimum atomic E-state index is -0.193. The van der Waals surface area contributed by atoms with Gasteiger partial charge in [-0.05, 0) is 103 Å². The van der Waals surface area contributed by atoms with E-state index in [1.54, 1.807) is 64.8 Å². The normalized spacial score (nSPS) is 15.2. The van der Waals surface area contributed by atoms with Gasteiger partial charge in [0.1, 0.15) is 0 Å². The van der Waals surface area contributed by atoms with Crippen LogP contribution in [0.25, 0.3) is 0 Å². The van der Waals surface area contributed by atoms with Crippen molar-refractivity contribution < 1.29 is 47.5 Å². The largest absolute Gasteiger partial charge is 0.493 e. The van der Waals surface area contributed by atoms with Crippen molar-refractivity contribution in [3.63, 3.8) is 0 Å². The van der Waals surface area contributed by atoms with Crippen LogP contribution in [0.1, 0.15) is 62.9 Å². The highest BCUT2D eigenvalue weighted by molar-refractivity contribution is 5.98. The Morgan fingerprint density at radius 1 is 0.469 bits per heavy atom. The molecule has 49 heavy (non-hydrogen) atoms. The van der Waals surface area contributed by atoms with Gasteiger partial charge >= 0.3 is 0 Å². The molecule has 1 saturated carbocycles. The predicted molar refractivity (Wildman–Crippen MR) is 184 cm³/mol. The van der Waals surface area contributed by atoms with Crippen LogP contribution >= 0.6 is 0 Å². The zero-order valence-electron chi connectivity index (χ0n) is 28.7. The summed E-state index contributed by atoms with van der Waals surface area (Å²) in [5.74, 6) is 4.46. The van der Waals surface area contributed by atoms with E-state index in [4.69, 9.17) is 37.9 Å². The van der Waals surface area contributed by atoms with Gasteiger partial charge in [-0.3, -0.25) is 9.59 Å². The Hall–Kier alpha value is -5.38. The number of methoxy groups -OCH3 is 6. The molecule has 4 aromatic carbocycles. The first-order valence-corrected chi connectivity index (χ1v) is 15.9. The number of carbonyl (C=O) groups excluding carboxylic acids is 2. The van der Waals surface area contributed by atoms with Crippen molar-refractivity contribution in [2.45, 2.75) is 31.1 Å². The van der Waals surface area contributed by atoms with E-state index in [2.05, 4.69) is 0 Å². The molecular formula is C39H42O10. The lowest BCUT2D eigenvalue weighted by atomic mass is 9.92. The van der Waals surface area contributed by atoms with E-state index in [0.29, 0.717) is 69.0 Å². The average Bonchev–Trinajstić information content (AvgIpc) is 3.65. The lowest BCUT2D eigenvalue weighted by Crippen LogP contribution is -2.12. The Morgan fingerprint density at radius 3 is 1.18 bits per heavy atom. The van der Waals surface area contributed by atoms with Crippen molar-refractivity contribution in [2.75, 3.05) is 55.9 Å². The molecule has 0 N–H and O–H groups in total. The molecule has 0 amide bonds. The van der Waals surface area contributed by atoms with E-state index >= 15 is 0 Å². The summed E-state index contributed by atoms with van der Waals surface area (Å²) in [5.41, 5.74) is 3.23. The molecule has 1 aliphatic carbocycles. The fraction of sp³-hybridized carbons (Fsp3) is 0.333. The minimum Gasteiger partial charge on any atom is -0.493 e. The van der Waals surface area contributed by atoms with E-state index in [-0.39, 0.29) is 24.8 Å². The molecule has 10 nitrogen and oxygen atoms in total. The van der Waals surface area contributed by atoms with Crippen LogP contribution in [0.3, 0.4) is 0 Å². The Bertz CT molecular complexity index is 1650. The first-order valence-electron chi connectivity index (χ1n) is 15.9. The number of Topliss-reactive ketones (excluding diaryl/α,β-unsaturated/α-hetero) is 2. The Labute approximate surface area is 286 Å². The molecule has 1 fully saturated rings. The van der Waals surface area contributed by atoms with E-state index in [1.807, 2.05) is 36.4 Å². The summed E-state index contributed by atoms with van der Waals surface area (Å²) < 4.78 is 44.3.